The Hall–Kier alpha value is -3.46. The van der Waals surface area contributed by atoms with Crippen LogP contribution in [-0.2, 0) is 11.4 Å². The van der Waals surface area contributed by atoms with Gasteiger partial charge in [-0.1, -0.05) is 65.2 Å². The summed E-state index contributed by atoms with van der Waals surface area (Å²) in [7, 11) is 1.49. The SMILES string of the molecule is COc1cc(/C=C(\C#N)C(=O)Nc2ccccc2Cl)cc(Cl)c1OCc1ccc(C)cc1. The van der Waals surface area contributed by atoms with Gasteiger partial charge in [0.25, 0.3) is 5.91 Å². The number of methoxy groups -OCH3 is 1. The molecular weight excluding hydrogens is 447 g/mol. The van der Waals surface area contributed by atoms with Gasteiger partial charge < -0.3 is 14.8 Å². The Labute approximate surface area is 196 Å². The fourth-order valence-electron chi connectivity index (χ4n) is 2.87. The molecule has 0 saturated carbocycles. The van der Waals surface area contributed by atoms with E-state index in [2.05, 4.69) is 5.32 Å². The number of benzene rings is 3. The molecule has 0 aromatic heterocycles. The highest BCUT2D eigenvalue weighted by Crippen LogP contribution is 2.37. The molecule has 0 radical (unpaired) electrons. The van der Waals surface area contributed by atoms with Crippen molar-refractivity contribution in [1.29, 1.82) is 5.26 Å². The second-order valence-corrected chi connectivity index (χ2v) is 7.73. The number of aryl methyl sites for hydroxylation is 1. The highest BCUT2D eigenvalue weighted by atomic mass is 35.5. The molecule has 0 heterocycles. The van der Waals surface area contributed by atoms with Gasteiger partial charge in [-0.2, -0.15) is 5.26 Å². The maximum Gasteiger partial charge on any atom is 0.266 e. The summed E-state index contributed by atoms with van der Waals surface area (Å²) in [6, 6.07) is 19.9. The zero-order valence-corrected chi connectivity index (χ0v) is 19.0. The molecule has 0 bridgehead atoms. The summed E-state index contributed by atoms with van der Waals surface area (Å²) in [6.07, 6.45) is 1.42. The van der Waals surface area contributed by atoms with E-state index in [1.807, 2.05) is 37.3 Å². The van der Waals surface area contributed by atoms with E-state index in [1.165, 1.54) is 13.2 Å². The highest BCUT2D eigenvalue weighted by molar-refractivity contribution is 6.34. The van der Waals surface area contributed by atoms with Crippen LogP contribution in [0.3, 0.4) is 0 Å². The zero-order valence-electron chi connectivity index (χ0n) is 17.5. The largest absolute Gasteiger partial charge is 0.493 e. The highest BCUT2D eigenvalue weighted by Gasteiger charge is 2.15. The molecule has 0 aliphatic heterocycles. The van der Waals surface area contributed by atoms with E-state index < -0.39 is 5.91 Å². The molecule has 5 nitrogen and oxygen atoms in total. The Morgan fingerprint density at radius 1 is 1.09 bits per heavy atom. The van der Waals surface area contributed by atoms with Gasteiger partial charge >= 0.3 is 0 Å². The molecule has 3 aromatic carbocycles. The number of nitriles is 1. The summed E-state index contributed by atoms with van der Waals surface area (Å²) < 4.78 is 11.3. The maximum absolute atomic E-state index is 12.5. The minimum atomic E-state index is -0.588. The van der Waals surface area contributed by atoms with Crippen LogP contribution in [-0.4, -0.2) is 13.0 Å². The predicted octanol–water partition coefficient (Wildman–Crippen LogP) is 6.44. The first-order chi connectivity index (χ1) is 15.4. The van der Waals surface area contributed by atoms with Gasteiger partial charge in [0.1, 0.15) is 18.2 Å². The molecule has 1 amide bonds. The van der Waals surface area contributed by atoms with Crippen LogP contribution in [0.25, 0.3) is 6.08 Å². The molecular formula is C25H20Cl2N2O3. The van der Waals surface area contributed by atoms with E-state index in [9.17, 15) is 10.1 Å². The van der Waals surface area contributed by atoms with Crippen molar-refractivity contribution < 1.29 is 14.3 Å². The van der Waals surface area contributed by atoms with Crippen LogP contribution in [0.2, 0.25) is 10.0 Å². The Bertz CT molecular complexity index is 1200. The number of para-hydroxylation sites is 1. The molecule has 1 N–H and O–H groups in total. The lowest BCUT2D eigenvalue weighted by Crippen LogP contribution is -2.13. The van der Waals surface area contributed by atoms with Crippen LogP contribution < -0.4 is 14.8 Å². The van der Waals surface area contributed by atoms with Crippen molar-refractivity contribution >= 4 is 40.9 Å². The van der Waals surface area contributed by atoms with Gasteiger partial charge in [-0.25, -0.2) is 0 Å². The maximum atomic E-state index is 12.5. The quantitative estimate of drug-likeness (QED) is 0.321. The van der Waals surface area contributed by atoms with E-state index in [-0.39, 0.29) is 5.57 Å². The number of anilines is 1. The topological polar surface area (TPSA) is 71.3 Å². The van der Waals surface area contributed by atoms with Crippen molar-refractivity contribution in [3.05, 3.63) is 93.0 Å². The smallest absolute Gasteiger partial charge is 0.266 e. The number of carbonyl (C=O) groups excluding carboxylic acids is 1. The first kappa shape index (κ1) is 23.2. The monoisotopic (exact) mass is 466 g/mol. The second-order valence-electron chi connectivity index (χ2n) is 6.91. The lowest BCUT2D eigenvalue weighted by atomic mass is 10.1. The summed E-state index contributed by atoms with van der Waals surface area (Å²) in [5, 5.41) is 12.8. The molecule has 3 aromatic rings. The lowest BCUT2D eigenvalue weighted by Gasteiger charge is -2.14. The molecule has 32 heavy (non-hydrogen) atoms. The summed E-state index contributed by atoms with van der Waals surface area (Å²) >= 11 is 12.5. The number of rotatable bonds is 7. The van der Waals surface area contributed by atoms with Crippen LogP contribution in [0.5, 0.6) is 11.5 Å². The van der Waals surface area contributed by atoms with Crippen molar-refractivity contribution in [2.45, 2.75) is 13.5 Å². The molecule has 7 heteroatoms. The standard InChI is InChI=1S/C25H20Cl2N2O3/c1-16-7-9-17(10-8-16)15-32-24-21(27)12-18(13-23(24)31-2)11-19(14-28)25(30)29-22-6-4-3-5-20(22)26/h3-13H,15H2,1-2H3,(H,29,30)/b19-11+. The molecule has 0 spiro atoms. The molecule has 0 atom stereocenters. The van der Waals surface area contributed by atoms with Gasteiger partial charge in [-0.15, -0.1) is 0 Å². The van der Waals surface area contributed by atoms with E-state index in [0.717, 1.165) is 11.1 Å². The van der Waals surface area contributed by atoms with E-state index in [0.29, 0.717) is 39.4 Å². The van der Waals surface area contributed by atoms with Gasteiger partial charge in [0, 0.05) is 0 Å². The summed E-state index contributed by atoms with van der Waals surface area (Å²) in [4.78, 5) is 12.5. The minimum Gasteiger partial charge on any atom is -0.493 e. The van der Waals surface area contributed by atoms with Crippen LogP contribution in [0.1, 0.15) is 16.7 Å². The van der Waals surface area contributed by atoms with Crippen molar-refractivity contribution in [3.63, 3.8) is 0 Å². The zero-order chi connectivity index (χ0) is 23.1. The van der Waals surface area contributed by atoms with Crippen molar-refractivity contribution in [2.75, 3.05) is 12.4 Å². The number of hydrogen-bond donors (Lipinski definition) is 1. The molecule has 0 aliphatic rings. The average Bonchev–Trinajstić information content (AvgIpc) is 2.79. The third-order valence-electron chi connectivity index (χ3n) is 4.55. The minimum absolute atomic E-state index is 0.114. The van der Waals surface area contributed by atoms with E-state index >= 15 is 0 Å². The van der Waals surface area contributed by atoms with Crippen LogP contribution >= 0.6 is 23.2 Å². The molecule has 162 valence electrons. The van der Waals surface area contributed by atoms with Gasteiger partial charge in [0.15, 0.2) is 11.5 Å². The average molecular weight is 467 g/mol. The van der Waals surface area contributed by atoms with Gasteiger partial charge in [-0.3, -0.25) is 4.79 Å². The Balaban J connectivity index is 1.82. The molecule has 0 fully saturated rings. The van der Waals surface area contributed by atoms with Crippen LogP contribution in [0.15, 0.2) is 66.2 Å². The second kappa shape index (κ2) is 10.7. The number of nitrogens with one attached hydrogen (secondary N) is 1. The molecule has 3 rings (SSSR count). The lowest BCUT2D eigenvalue weighted by molar-refractivity contribution is -0.112. The van der Waals surface area contributed by atoms with Gasteiger partial charge in [0.05, 0.1) is 22.8 Å². The number of ether oxygens (including phenoxy) is 2. The number of carbonyl (C=O) groups is 1. The Kier molecular flexibility index (Phi) is 7.77. The number of amides is 1. The van der Waals surface area contributed by atoms with Crippen molar-refractivity contribution in [3.8, 4) is 17.6 Å². The molecule has 0 aliphatic carbocycles. The van der Waals surface area contributed by atoms with Crippen molar-refractivity contribution in [1.82, 2.24) is 0 Å². The first-order valence-electron chi connectivity index (χ1n) is 9.65. The fraction of sp³-hybridized carbons (Fsp3) is 0.120. The number of halogens is 2. The van der Waals surface area contributed by atoms with E-state index in [1.54, 1.807) is 36.4 Å². The third kappa shape index (κ3) is 5.82. The Morgan fingerprint density at radius 2 is 1.81 bits per heavy atom. The third-order valence-corrected chi connectivity index (χ3v) is 5.16. The van der Waals surface area contributed by atoms with E-state index in [4.69, 9.17) is 32.7 Å². The van der Waals surface area contributed by atoms with Gasteiger partial charge in [0.2, 0.25) is 0 Å². The van der Waals surface area contributed by atoms with Crippen LogP contribution in [0, 0.1) is 18.3 Å². The summed E-state index contributed by atoms with van der Waals surface area (Å²) in [6.45, 7) is 2.33. The first-order valence-corrected chi connectivity index (χ1v) is 10.4. The normalized spacial score (nSPS) is 10.9. The molecule has 0 unspecified atom stereocenters. The number of hydrogen-bond acceptors (Lipinski definition) is 4. The summed E-state index contributed by atoms with van der Waals surface area (Å²) in [5.41, 5.74) is 2.96. The Morgan fingerprint density at radius 3 is 2.47 bits per heavy atom. The van der Waals surface area contributed by atoms with Gasteiger partial charge in [-0.05, 0) is 48.4 Å². The molecule has 0 saturated heterocycles. The van der Waals surface area contributed by atoms with Crippen LogP contribution in [0.4, 0.5) is 5.69 Å². The number of nitrogens with zero attached hydrogens (tertiary/aromatic N) is 1. The van der Waals surface area contributed by atoms with Crippen molar-refractivity contribution in [2.24, 2.45) is 0 Å². The predicted molar refractivity (Wildman–Crippen MR) is 127 cm³/mol. The fourth-order valence-corrected chi connectivity index (χ4v) is 3.33. The summed E-state index contributed by atoms with van der Waals surface area (Å²) in [5.74, 6) is 0.181.